The van der Waals surface area contributed by atoms with E-state index in [0.29, 0.717) is 6.29 Å². The van der Waals surface area contributed by atoms with Gasteiger partial charge in [0.05, 0.1) is 0 Å². The molecule has 1 unspecified atom stereocenters. The summed E-state index contributed by atoms with van der Waals surface area (Å²) in [6, 6.07) is 0. The Morgan fingerprint density at radius 1 is 1.70 bits per heavy atom. The molecule has 0 spiro atoms. The van der Waals surface area contributed by atoms with Gasteiger partial charge in [-0.2, -0.15) is 0 Å². The van der Waals surface area contributed by atoms with Gasteiger partial charge < -0.3 is 4.74 Å². The number of hydrogen-bond acceptors (Lipinski definition) is 3. The molecule has 0 saturated heterocycles. The summed E-state index contributed by atoms with van der Waals surface area (Å²) in [5.41, 5.74) is 0.273. The van der Waals surface area contributed by atoms with Crippen molar-refractivity contribution in [2.75, 3.05) is 0 Å². The highest BCUT2D eigenvalue weighted by molar-refractivity contribution is 5.75. The van der Waals surface area contributed by atoms with Crippen LogP contribution in [0.4, 0.5) is 0 Å². The molecule has 0 N–H and O–H groups in total. The first-order valence-electron chi connectivity index (χ1n) is 2.89. The van der Waals surface area contributed by atoms with Crippen LogP contribution in [0.2, 0.25) is 0 Å². The van der Waals surface area contributed by atoms with E-state index in [9.17, 15) is 9.59 Å². The molecule has 0 aromatic carbocycles. The van der Waals surface area contributed by atoms with Crippen molar-refractivity contribution in [3.05, 3.63) is 12.2 Å². The average molecular weight is 142 g/mol. The smallest absolute Gasteiger partial charge is 0.303 e. The van der Waals surface area contributed by atoms with Gasteiger partial charge in [-0.25, -0.2) is 0 Å². The lowest BCUT2D eigenvalue weighted by Gasteiger charge is -2.08. The van der Waals surface area contributed by atoms with Crippen molar-refractivity contribution in [2.45, 2.75) is 20.0 Å². The van der Waals surface area contributed by atoms with Crippen molar-refractivity contribution in [3.8, 4) is 0 Å². The summed E-state index contributed by atoms with van der Waals surface area (Å²) in [7, 11) is 0. The second kappa shape index (κ2) is 3.82. The van der Waals surface area contributed by atoms with Gasteiger partial charge in [0.2, 0.25) is 0 Å². The minimum atomic E-state index is -0.505. The Morgan fingerprint density at radius 2 is 2.20 bits per heavy atom. The third-order valence-corrected chi connectivity index (χ3v) is 1.02. The summed E-state index contributed by atoms with van der Waals surface area (Å²) in [4.78, 5) is 20.3. The van der Waals surface area contributed by atoms with Crippen molar-refractivity contribution in [1.29, 1.82) is 0 Å². The first kappa shape index (κ1) is 8.88. The van der Waals surface area contributed by atoms with Crippen molar-refractivity contribution < 1.29 is 14.3 Å². The number of hydrogen-bond donors (Lipinski definition) is 0. The van der Waals surface area contributed by atoms with Gasteiger partial charge in [0.25, 0.3) is 0 Å². The van der Waals surface area contributed by atoms with Crippen LogP contribution in [0.25, 0.3) is 0 Å². The molecular formula is C7H10O3. The van der Waals surface area contributed by atoms with E-state index in [1.807, 2.05) is 0 Å². The molecule has 56 valence electrons. The third-order valence-electron chi connectivity index (χ3n) is 1.02. The topological polar surface area (TPSA) is 43.4 Å². The van der Waals surface area contributed by atoms with Crippen LogP contribution in [0.1, 0.15) is 13.8 Å². The number of rotatable bonds is 3. The van der Waals surface area contributed by atoms with Gasteiger partial charge >= 0.3 is 5.97 Å². The average Bonchev–Trinajstić information content (AvgIpc) is 1.85. The summed E-state index contributed by atoms with van der Waals surface area (Å²) in [5, 5.41) is 0. The fourth-order valence-corrected chi connectivity index (χ4v) is 0.420. The maximum atomic E-state index is 10.3. The fourth-order valence-electron chi connectivity index (χ4n) is 0.420. The predicted octanol–water partition coefficient (Wildman–Crippen LogP) is 0.693. The van der Waals surface area contributed by atoms with E-state index in [1.54, 1.807) is 6.92 Å². The molecule has 0 saturated carbocycles. The first-order valence-corrected chi connectivity index (χ1v) is 2.89. The molecule has 1 atom stereocenters. The largest absolute Gasteiger partial charge is 0.458 e. The van der Waals surface area contributed by atoms with Crippen LogP contribution in [0, 0.1) is 0 Å². The molecule has 0 aliphatic carbocycles. The van der Waals surface area contributed by atoms with Gasteiger partial charge in [-0.1, -0.05) is 6.58 Å². The number of carbonyl (C=O) groups is 2. The molecular weight excluding hydrogens is 132 g/mol. The van der Waals surface area contributed by atoms with Crippen LogP contribution < -0.4 is 0 Å². The minimum Gasteiger partial charge on any atom is -0.458 e. The van der Waals surface area contributed by atoms with Gasteiger partial charge in [0.15, 0.2) is 0 Å². The van der Waals surface area contributed by atoms with Crippen molar-refractivity contribution in [3.63, 3.8) is 0 Å². The van der Waals surface area contributed by atoms with Crippen LogP contribution in [0.5, 0.6) is 0 Å². The van der Waals surface area contributed by atoms with E-state index >= 15 is 0 Å². The lowest BCUT2D eigenvalue weighted by molar-refractivity contribution is -0.143. The monoisotopic (exact) mass is 142 g/mol. The minimum absolute atomic E-state index is 0.273. The molecule has 0 amide bonds. The van der Waals surface area contributed by atoms with Crippen molar-refractivity contribution in [1.82, 2.24) is 0 Å². The fraction of sp³-hybridized carbons (Fsp3) is 0.429. The Hall–Kier alpha value is -1.12. The highest BCUT2D eigenvalue weighted by Gasteiger charge is 2.07. The van der Waals surface area contributed by atoms with E-state index in [2.05, 4.69) is 11.3 Å². The van der Waals surface area contributed by atoms with Gasteiger partial charge in [-0.15, -0.1) is 0 Å². The number of aldehydes is 1. The second-order valence-electron chi connectivity index (χ2n) is 1.94. The molecule has 3 nitrogen and oxygen atoms in total. The maximum Gasteiger partial charge on any atom is 0.303 e. The quantitative estimate of drug-likeness (QED) is 0.331. The first-order chi connectivity index (χ1) is 4.57. The molecule has 0 aromatic heterocycles. The molecule has 0 fully saturated rings. The third kappa shape index (κ3) is 3.02. The van der Waals surface area contributed by atoms with E-state index in [4.69, 9.17) is 0 Å². The zero-order chi connectivity index (χ0) is 8.15. The Kier molecular flexibility index (Phi) is 3.39. The lowest BCUT2D eigenvalue weighted by Crippen LogP contribution is -2.14. The molecule has 0 bridgehead atoms. The van der Waals surface area contributed by atoms with Gasteiger partial charge in [-0.05, 0) is 6.92 Å². The summed E-state index contributed by atoms with van der Waals surface area (Å²) in [5.74, 6) is -0.407. The molecule has 0 aliphatic heterocycles. The zero-order valence-electron chi connectivity index (χ0n) is 6.09. The van der Waals surface area contributed by atoms with Crippen LogP contribution in [0.3, 0.4) is 0 Å². The Balaban J connectivity index is 3.84. The van der Waals surface area contributed by atoms with Gasteiger partial charge in [-0.3, -0.25) is 9.59 Å². The summed E-state index contributed by atoms with van der Waals surface area (Å²) < 4.78 is 4.63. The van der Waals surface area contributed by atoms with Crippen LogP contribution in [-0.2, 0) is 14.3 Å². The Labute approximate surface area is 59.7 Å². The van der Waals surface area contributed by atoms with Crippen molar-refractivity contribution >= 4 is 12.3 Å². The zero-order valence-corrected chi connectivity index (χ0v) is 6.09. The van der Waals surface area contributed by atoms with E-state index in [-0.39, 0.29) is 5.57 Å². The Bertz CT molecular complexity index is 160. The number of esters is 1. The molecule has 0 radical (unpaired) electrons. The van der Waals surface area contributed by atoms with Gasteiger partial charge in [0.1, 0.15) is 12.4 Å². The van der Waals surface area contributed by atoms with Gasteiger partial charge in [0, 0.05) is 12.5 Å². The standard InChI is InChI=1S/C7H10O3/c1-5(4-8)6(2)10-7(3)9/h4,6H,1H2,2-3H3. The maximum absolute atomic E-state index is 10.3. The van der Waals surface area contributed by atoms with Crippen molar-refractivity contribution in [2.24, 2.45) is 0 Å². The SMILES string of the molecule is C=C(C=O)C(C)OC(C)=O. The molecule has 0 aromatic rings. The Morgan fingerprint density at radius 3 is 2.50 bits per heavy atom. The molecule has 0 aliphatic rings. The highest BCUT2D eigenvalue weighted by atomic mass is 16.5. The summed E-state index contributed by atoms with van der Waals surface area (Å²) in [6.45, 7) is 6.26. The molecule has 0 rings (SSSR count). The van der Waals surface area contributed by atoms with E-state index in [1.165, 1.54) is 6.92 Å². The lowest BCUT2D eigenvalue weighted by atomic mass is 10.2. The molecule has 10 heavy (non-hydrogen) atoms. The summed E-state index contributed by atoms with van der Waals surface area (Å²) >= 11 is 0. The second-order valence-corrected chi connectivity index (χ2v) is 1.94. The highest BCUT2D eigenvalue weighted by Crippen LogP contribution is 1.99. The van der Waals surface area contributed by atoms with E-state index in [0.717, 1.165) is 0 Å². The number of carbonyl (C=O) groups excluding carboxylic acids is 2. The molecule has 3 heteroatoms. The predicted molar refractivity (Wildman–Crippen MR) is 36.4 cm³/mol. The van der Waals surface area contributed by atoms with Crippen LogP contribution in [0.15, 0.2) is 12.2 Å². The normalized spacial score (nSPS) is 11.8. The molecule has 0 heterocycles. The van der Waals surface area contributed by atoms with Crippen LogP contribution in [-0.4, -0.2) is 18.4 Å². The van der Waals surface area contributed by atoms with Crippen LogP contribution >= 0.6 is 0 Å². The number of ether oxygens (including phenoxy) is 1. The summed E-state index contributed by atoms with van der Waals surface area (Å²) in [6.07, 6.45) is 0.0724. The van der Waals surface area contributed by atoms with E-state index < -0.39 is 12.1 Å².